The first-order valence-corrected chi connectivity index (χ1v) is 7.12. The fourth-order valence-electron chi connectivity index (χ4n) is 1.20. The fourth-order valence-corrected chi connectivity index (χ4v) is 2.06. The second-order valence-electron chi connectivity index (χ2n) is 3.50. The maximum atomic E-state index is 11.8. The van der Waals surface area contributed by atoms with Crippen LogP contribution in [0.2, 0.25) is 0 Å². The third kappa shape index (κ3) is 7.44. The van der Waals surface area contributed by atoms with Crippen LogP contribution in [-0.2, 0) is 4.79 Å². The van der Waals surface area contributed by atoms with Crippen LogP contribution in [0.1, 0.15) is 0 Å². The Morgan fingerprint density at radius 2 is 2.00 bits per heavy atom. The third-order valence-corrected chi connectivity index (χ3v) is 3.41. The number of rotatable bonds is 6. The number of benzene rings is 1. The van der Waals surface area contributed by atoms with Crippen molar-refractivity contribution in [2.75, 3.05) is 24.2 Å². The Morgan fingerprint density at radius 3 is 2.63 bits per heavy atom. The summed E-state index contributed by atoms with van der Waals surface area (Å²) in [5, 5.41) is 5.29. The van der Waals surface area contributed by atoms with E-state index in [1.807, 2.05) is 6.07 Å². The Kier molecular flexibility index (Phi) is 6.67. The number of amides is 1. The monoisotopic (exact) mass is 356 g/mol. The van der Waals surface area contributed by atoms with Gasteiger partial charge in [0.15, 0.2) is 0 Å². The highest BCUT2D eigenvalue weighted by Crippen LogP contribution is 2.29. The van der Waals surface area contributed by atoms with Gasteiger partial charge in [-0.05, 0) is 39.8 Å². The van der Waals surface area contributed by atoms with Crippen molar-refractivity contribution in [1.82, 2.24) is 5.32 Å². The van der Waals surface area contributed by atoms with Gasteiger partial charge in [0, 0.05) is 16.8 Å². The van der Waals surface area contributed by atoms with Crippen LogP contribution in [0.5, 0.6) is 0 Å². The number of carbonyl (C=O) groups excluding carboxylic acids is 1. The fraction of sp³-hybridized carbons (Fsp3) is 0.364. The second-order valence-corrected chi connectivity index (χ2v) is 5.51. The van der Waals surface area contributed by atoms with Crippen molar-refractivity contribution in [1.29, 1.82) is 0 Å². The number of para-hydroxylation sites is 1. The lowest BCUT2D eigenvalue weighted by Crippen LogP contribution is -2.30. The van der Waals surface area contributed by atoms with E-state index in [1.54, 1.807) is 18.2 Å². The molecule has 0 aliphatic carbocycles. The largest absolute Gasteiger partial charge is 0.441 e. The van der Waals surface area contributed by atoms with Crippen molar-refractivity contribution in [2.45, 2.75) is 5.51 Å². The number of alkyl halides is 3. The topological polar surface area (TPSA) is 41.1 Å². The maximum absolute atomic E-state index is 11.8. The average molecular weight is 357 g/mol. The molecule has 19 heavy (non-hydrogen) atoms. The number of hydrogen-bond donors (Lipinski definition) is 2. The highest BCUT2D eigenvalue weighted by molar-refractivity contribution is 9.10. The van der Waals surface area contributed by atoms with Gasteiger partial charge in [-0.3, -0.25) is 4.79 Å². The lowest BCUT2D eigenvalue weighted by molar-refractivity contribution is -0.115. The minimum atomic E-state index is -4.22. The van der Waals surface area contributed by atoms with Crippen LogP contribution in [0.4, 0.5) is 18.9 Å². The van der Waals surface area contributed by atoms with E-state index < -0.39 is 5.51 Å². The lowest BCUT2D eigenvalue weighted by Gasteiger charge is -2.08. The molecule has 0 saturated carbocycles. The molecule has 2 N–H and O–H groups in total. The zero-order valence-corrected chi connectivity index (χ0v) is 12.2. The molecule has 0 aliphatic heterocycles. The summed E-state index contributed by atoms with van der Waals surface area (Å²) in [6.07, 6.45) is 0. The van der Waals surface area contributed by atoms with Crippen LogP contribution in [0.25, 0.3) is 0 Å². The minimum Gasteiger partial charge on any atom is -0.324 e. The van der Waals surface area contributed by atoms with E-state index in [4.69, 9.17) is 0 Å². The van der Waals surface area contributed by atoms with Crippen molar-refractivity contribution < 1.29 is 18.0 Å². The van der Waals surface area contributed by atoms with Gasteiger partial charge in [0.05, 0.1) is 12.2 Å². The SMILES string of the molecule is O=C(CNCCSC(F)(F)F)Nc1ccccc1Br. The number of nitrogens with one attached hydrogen (secondary N) is 2. The first-order chi connectivity index (χ1) is 8.88. The molecule has 1 aromatic rings. The van der Waals surface area contributed by atoms with Crippen LogP contribution in [0.15, 0.2) is 28.7 Å². The van der Waals surface area contributed by atoms with Crippen LogP contribution in [0, 0.1) is 0 Å². The second kappa shape index (κ2) is 7.76. The summed E-state index contributed by atoms with van der Waals surface area (Å²) in [6.45, 7) is 0.0906. The predicted octanol–water partition coefficient (Wildman–Crippen LogP) is 3.23. The van der Waals surface area contributed by atoms with Gasteiger partial charge in [0.1, 0.15) is 0 Å². The molecule has 0 heterocycles. The molecule has 1 rings (SSSR count). The van der Waals surface area contributed by atoms with Crippen LogP contribution in [0.3, 0.4) is 0 Å². The molecule has 0 aliphatic rings. The van der Waals surface area contributed by atoms with E-state index in [0.29, 0.717) is 5.69 Å². The van der Waals surface area contributed by atoms with E-state index in [-0.39, 0.29) is 36.5 Å². The van der Waals surface area contributed by atoms with Gasteiger partial charge in [-0.25, -0.2) is 0 Å². The molecule has 0 fully saturated rings. The van der Waals surface area contributed by atoms with Crippen molar-refractivity contribution in [3.63, 3.8) is 0 Å². The number of hydrogen-bond acceptors (Lipinski definition) is 3. The summed E-state index contributed by atoms with van der Waals surface area (Å²) >= 11 is 3.17. The summed E-state index contributed by atoms with van der Waals surface area (Å²) < 4.78 is 36.2. The van der Waals surface area contributed by atoms with Crippen molar-refractivity contribution >= 4 is 39.3 Å². The lowest BCUT2D eigenvalue weighted by atomic mass is 10.3. The Morgan fingerprint density at radius 1 is 1.32 bits per heavy atom. The minimum absolute atomic E-state index is 0.0280. The molecule has 1 amide bonds. The quantitative estimate of drug-likeness (QED) is 0.769. The van der Waals surface area contributed by atoms with Crippen LogP contribution in [-0.4, -0.2) is 30.3 Å². The molecule has 3 nitrogen and oxygen atoms in total. The summed E-state index contributed by atoms with van der Waals surface area (Å²) in [7, 11) is 0. The number of halogens is 4. The van der Waals surface area contributed by atoms with Crippen molar-refractivity contribution in [3.8, 4) is 0 Å². The first kappa shape index (κ1) is 16.3. The Hall–Kier alpha value is -0.730. The molecule has 0 saturated heterocycles. The van der Waals surface area contributed by atoms with E-state index in [2.05, 4.69) is 26.6 Å². The van der Waals surface area contributed by atoms with Gasteiger partial charge in [0.25, 0.3) is 0 Å². The Labute approximate surface area is 121 Å². The average Bonchev–Trinajstić information content (AvgIpc) is 2.30. The molecule has 0 radical (unpaired) electrons. The maximum Gasteiger partial charge on any atom is 0.441 e. The molecule has 0 atom stereocenters. The molecule has 0 bridgehead atoms. The molecule has 0 spiro atoms. The smallest absolute Gasteiger partial charge is 0.324 e. The highest BCUT2D eigenvalue weighted by atomic mass is 79.9. The molecule has 8 heteroatoms. The summed E-state index contributed by atoms with van der Waals surface area (Å²) in [5.74, 6) is -0.421. The molecule has 106 valence electrons. The zero-order valence-electron chi connectivity index (χ0n) is 9.76. The third-order valence-electron chi connectivity index (χ3n) is 1.98. The summed E-state index contributed by atoms with van der Waals surface area (Å²) in [6, 6.07) is 7.09. The Balaban J connectivity index is 2.20. The normalized spacial score (nSPS) is 11.4. The number of anilines is 1. The van der Waals surface area contributed by atoms with Gasteiger partial charge >= 0.3 is 5.51 Å². The van der Waals surface area contributed by atoms with Gasteiger partial charge in [-0.2, -0.15) is 13.2 Å². The zero-order chi connectivity index (χ0) is 14.3. The molecule has 0 unspecified atom stereocenters. The number of carbonyl (C=O) groups is 1. The highest BCUT2D eigenvalue weighted by Gasteiger charge is 2.27. The Bertz CT molecular complexity index is 429. The number of thioether (sulfide) groups is 1. The van der Waals surface area contributed by atoms with Crippen LogP contribution < -0.4 is 10.6 Å². The molecular formula is C11H12BrF3N2OS. The summed E-state index contributed by atoms with van der Waals surface area (Å²) in [4.78, 5) is 11.5. The molecule has 1 aromatic carbocycles. The molecule has 0 aromatic heterocycles. The van der Waals surface area contributed by atoms with Gasteiger partial charge < -0.3 is 10.6 Å². The van der Waals surface area contributed by atoms with Crippen molar-refractivity contribution in [3.05, 3.63) is 28.7 Å². The van der Waals surface area contributed by atoms with E-state index in [9.17, 15) is 18.0 Å². The molecular weight excluding hydrogens is 345 g/mol. The van der Waals surface area contributed by atoms with Crippen LogP contribution >= 0.6 is 27.7 Å². The van der Waals surface area contributed by atoms with Gasteiger partial charge in [0.2, 0.25) is 5.91 Å². The van der Waals surface area contributed by atoms with Gasteiger partial charge in [-0.1, -0.05) is 12.1 Å². The summed E-state index contributed by atoms with van der Waals surface area (Å²) in [5.41, 5.74) is -3.60. The van der Waals surface area contributed by atoms with E-state index in [0.717, 1.165) is 4.47 Å². The van der Waals surface area contributed by atoms with Gasteiger partial charge in [-0.15, -0.1) is 0 Å². The van der Waals surface area contributed by atoms with Crippen molar-refractivity contribution in [2.24, 2.45) is 0 Å². The predicted molar refractivity (Wildman–Crippen MR) is 74.2 cm³/mol. The first-order valence-electron chi connectivity index (χ1n) is 5.34. The van der Waals surface area contributed by atoms with E-state index >= 15 is 0 Å². The standard InChI is InChI=1S/C11H12BrF3N2OS/c12-8-3-1-2-4-9(8)17-10(18)7-16-5-6-19-11(13,14)15/h1-4,16H,5-7H2,(H,17,18). The van der Waals surface area contributed by atoms with E-state index in [1.165, 1.54) is 0 Å².